The molecule has 0 aromatic heterocycles. The molecule has 0 bridgehead atoms. The molecular formula is C27H27ClF2N2. The smallest absolute Gasteiger partial charge is 0.156 e. The summed E-state index contributed by atoms with van der Waals surface area (Å²) in [5.41, 5.74) is 12.1. The molecule has 0 amide bonds. The van der Waals surface area contributed by atoms with Crippen molar-refractivity contribution in [2.45, 2.75) is 38.5 Å². The third kappa shape index (κ3) is 3.77. The van der Waals surface area contributed by atoms with Crippen LogP contribution in [0.2, 0.25) is 0 Å². The van der Waals surface area contributed by atoms with Crippen molar-refractivity contribution >= 4 is 23.0 Å². The standard InChI is InChI=1S/C27H27ClF2N2/c1-14-6-8-18(12-16(14)3)24-23(27(24,5)28)17(4)32-19-9-7-15(2)21(13-19)20-10-11-22(29)26(31)25(20)30/h6-13,23-24,32H,4,31H2,1-3,5H3. The van der Waals surface area contributed by atoms with E-state index in [2.05, 4.69) is 43.9 Å². The number of nitrogen functional groups attached to an aromatic ring is 1. The number of anilines is 2. The molecule has 4 rings (SSSR count). The van der Waals surface area contributed by atoms with E-state index in [0.717, 1.165) is 16.9 Å². The molecule has 2 nitrogen and oxygen atoms in total. The van der Waals surface area contributed by atoms with Crippen LogP contribution >= 0.6 is 11.6 Å². The zero-order valence-corrected chi connectivity index (χ0v) is 19.4. The first-order chi connectivity index (χ1) is 15.0. The molecule has 1 fully saturated rings. The van der Waals surface area contributed by atoms with E-state index in [1.165, 1.54) is 28.8 Å². The first-order valence-electron chi connectivity index (χ1n) is 10.6. The fourth-order valence-electron chi connectivity index (χ4n) is 4.53. The number of halogens is 3. The Bertz CT molecular complexity index is 1230. The average molecular weight is 453 g/mol. The van der Waals surface area contributed by atoms with E-state index < -0.39 is 22.2 Å². The molecule has 3 N–H and O–H groups in total. The lowest BCUT2D eigenvalue weighted by Gasteiger charge is -2.15. The third-order valence-corrected chi connectivity index (χ3v) is 7.14. The molecular weight excluding hydrogens is 426 g/mol. The fourth-order valence-corrected chi connectivity index (χ4v) is 4.98. The van der Waals surface area contributed by atoms with Crippen LogP contribution in [0.4, 0.5) is 20.2 Å². The second-order valence-corrected chi connectivity index (χ2v) is 9.77. The van der Waals surface area contributed by atoms with Crippen molar-refractivity contribution in [3.05, 3.63) is 94.7 Å². The number of alkyl halides is 1. The topological polar surface area (TPSA) is 38.0 Å². The minimum Gasteiger partial charge on any atom is -0.394 e. The quantitative estimate of drug-likeness (QED) is 0.311. The molecule has 3 aromatic carbocycles. The van der Waals surface area contributed by atoms with Crippen molar-refractivity contribution in [2.24, 2.45) is 5.92 Å². The van der Waals surface area contributed by atoms with E-state index in [9.17, 15) is 8.78 Å². The number of nitrogens with one attached hydrogen (secondary N) is 1. The van der Waals surface area contributed by atoms with Crippen LogP contribution in [0.1, 0.15) is 35.1 Å². The predicted molar refractivity (Wildman–Crippen MR) is 130 cm³/mol. The van der Waals surface area contributed by atoms with E-state index in [1.807, 2.05) is 32.0 Å². The molecule has 0 radical (unpaired) electrons. The van der Waals surface area contributed by atoms with Gasteiger partial charge in [0, 0.05) is 28.8 Å². The summed E-state index contributed by atoms with van der Waals surface area (Å²) in [5.74, 6) is -1.31. The maximum absolute atomic E-state index is 14.6. The molecule has 5 heteroatoms. The SMILES string of the molecule is C=C(Nc1ccc(C)c(-c2ccc(F)c(N)c2F)c1)C1C(c2ccc(C)c(C)c2)C1(C)Cl. The molecule has 1 aliphatic rings. The molecule has 1 saturated carbocycles. The maximum Gasteiger partial charge on any atom is 0.156 e. The molecule has 0 spiro atoms. The van der Waals surface area contributed by atoms with Crippen molar-refractivity contribution < 1.29 is 8.78 Å². The van der Waals surface area contributed by atoms with Gasteiger partial charge in [-0.2, -0.15) is 0 Å². The number of benzene rings is 3. The van der Waals surface area contributed by atoms with Crippen LogP contribution in [-0.2, 0) is 0 Å². The van der Waals surface area contributed by atoms with Gasteiger partial charge in [-0.1, -0.05) is 30.8 Å². The molecule has 3 atom stereocenters. The lowest BCUT2D eigenvalue weighted by atomic mass is 9.98. The van der Waals surface area contributed by atoms with Crippen LogP contribution < -0.4 is 11.1 Å². The van der Waals surface area contributed by atoms with Crippen molar-refractivity contribution in [1.29, 1.82) is 0 Å². The Morgan fingerprint density at radius 3 is 2.34 bits per heavy atom. The molecule has 3 unspecified atom stereocenters. The lowest BCUT2D eigenvalue weighted by Crippen LogP contribution is -2.06. The number of hydrogen-bond acceptors (Lipinski definition) is 2. The Morgan fingerprint density at radius 2 is 1.66 bits per heavy atom. The predicted octanol–water partition coefficient (Wildman–Crippen LogP) is 7.48. The van der Waals surface area contributed by atoms with Crippen LogP contribution in [0.25, 0.3) is 11.1 Å². The van der Waals surface area contributed by atoms with Crippen molar-refractivity contribution in [1.82, 2.24) is 0 Å². The van der Waals surface area contributed by atoms with Gasteiger partial charge < -0.3 is 11.1 Å². The number of hydrogen-bond donors (Lipinski definition) is 2. The van der Waals surface area contributed by atoms with E-state index in [1.54, 1.807) is 0 Å². The van der Waals surface area contributed by atoms with Crippen LogP contribution in [-0.4, -0.2) is 4.87 Å². The highest BCUT2D eigenvalue weighted by Crippen LogP contribution is 2.64. The van der Waals surface area contributed by atoms with Gasteiger partial charge in [-0.25, -0.2) is 8.78 Å². The summed E-state index contributed by atoms with van der Waals surface area (Å²) >= 11 is 6.87. The van der Waals surface area contributed by atoms with Gasteiger partial charge in [-0.05, 0) is 79.8 Å². The highest BCUT2D eigenvalue weighted by molar-refractivity contribution is 6.27. The van der Waals surface area contributed by atoms with E-state index >= 15 is 0 Å². The number of allylic oxidation sites excluding steroid dienone is 1. The van der Waals surface area contributed by atoms with Gasteiger partial charge in [0.15, 0.2) is 5.82 Å². The molecule has 166 valence electrons. The van der Waals surface area contributed by atoms with Crippen LogP contribution in [0.3, 0.4) is 0 Å². The normalized spacial score (nSPS) is 22.0. The maximum atomic E-state index is 14.6. The Kier molecular flexibility index (Phi) is 5.54. The zero-order chi connectivity index (χ0) is 23.4. The summed E-state index contributed by atoms with van der Waals surface area (Å²) < 4.78 is 28.3. The van der Waals surface area contributed by atoms with Crippen LogP contribution in [0.5, 0.6) is 0 Å². The van der Waals surface area contributed by atoms with Gasteiger partial charge in [-0.3, -0.25) is 0 Å². The Morgan fingerprint density at radius 1 is 0.969 bits per heavy atom. The lowest BCUT2D eigenvalue weighted by molar-refractivity contribution is 0.594. The van der Waals surface area contributed by atoms with Gasteiger partial charge in [0.2, 0.25) is 0 Å². The van der Waals surface area contributed by atoms with Gasteiger partial charge >= 0.3 is 0 Å². The largest absolute Gasteiger partial charge is 0.394 e. The summed E-state index contributed by atoms with van der Waals surface area (Å²) in [7, 11) is 0. The van der Waals surface area contributed by atoms with Crippen LogP contribution in [0, 0.1) is 38.3 Å². The molecule has 0 heterocycles. The minimum atomic E-state index is -0.765. The monoisotopic (exact) mass is 452 g/mol. The van der Waals surface area contributed by atoms with Gasteiger partial charge in [0.1, 0.15) is 11.5 Å². The van der Waals surface area contributed by atoms with Gasteiger partial charge in [0.25, 0.3) is 0 Å². The minimum absolute atomic E-state index is 0.0502. The molecule has 0 aliphatic heterocycles. The van der Waals surface area contributed by atoms with Crippen LogP contribution in [0.15, 0.2) is 60.8 Å². The van der Waals surface area contributed by atoms with E-state index in [-0.39, 0.29) is 17.4 Å². The highest BCUT2D eigenvalue weighted by Gasteiger charge is 2.62. The molecule has 1 aliphatic carbocycles. The molecule has 0 saturated heterocycles. The third-order valence-electron chi connectivity index (χ3n) is 6.67. The first kappa shape index (κ1) is 22.3. The summed E-state index contributed by atoms with van der Waals surface area (Å²) in [6, 6.07) is 14.7. The second kappa shape index (κ2) is 7.93. The highest BCUT2D eigenvalue weighted by atomic mass is 35.5. The summed E-state index contributed by atoms with van der Waals surface area (Å²) in [5, 5.41) is 3.36. The first-order valence-corrected chi connectivity index (χ1v) is 11.0. The molecule has 3 aromatic rings. The number of aryl methyl sites for hydroxylation is 3. The van der Waals surface area contributed by atoms with Crippen molar-refractivity contribution in [2.75, 3.05) is 11.1 Å². The van der Waals surface area contributed by atoms with Gasteiger partial charge in [-0.15, -0.1) is 11.6 Å². The van der Waals surface area contributed by atoms with E-state index in [4.69, 9.17) is 17.3 Å². The summed E-state index contributed by atoms with van der Waals surface area (Å²) in [4.78, 5) is -0.434. The Labute approximate surface area is 193 Å². The van der Waals surface area contributed by atoms with Crippen molar-refractivity contribution in [3.63, 3.8) is 0 Å². The number of nitrogens with two attached hydrogens (primary N) is 1. The van der Waals surface area contributed by atoms with E-state index in [0.29, 0.717) is 5.56 Å². The van der Waals surface area contributed by atoms with Gasteiger partial charge in [0.05, 0.1) is 4.87 Å². The average Bonchev–Trinajstić information content (AvgIpc) is 3.32. The molecule has 32 heavy (non-hydrogen) atoms. The second-order valence-electron chi connectivity index (χ2n) is 8.95. The Balaban J connectivity index is 1.60. The number of rotatable bonds is 5. The fraction of sp³-hybridized carbons (Fsp3) is 0.259. The summed E-state index contributed by atoms with van der Waals surface area (Å²) in [6.45, 7) is 12.4. The zero-order valence-electron chi connectivity index (χ0n) is 18.7. The summed E-state index contributed by atoms with van der Waals surface area (Å²) in [6.07, 6.45) is 0. The Hall–Kier alpha value is -2.85. The van der Waals surface area contributed by atoms with Crippen molar-refractivity contribution in [3.8, 4) is 11.1 Å².